The highest BCUT2D eigenvalue weighted by molar-refractivity contribution is 5.92. The van der Waals surface area contributed by atoms with E-state index in [4.69, 9.17) is 10.2 Å². The van der Waals surface area contributed by atoms with E-state index < -0.39 is 0 Å². The maximum atomic E-state index is 5.89. The molecule has 5 heteroatoms. The van der Waals surface area contributed by atoms with Crippen LogP contribution in [0, 0.1) is 0 Å². The van der Waals surface area contributed by atoms with E-state index in [2.05, 4.69) is 15.3 Å². The summed E-state index contributed by atoms with van der Waals surface area (Å²) in [6.07, 6.45) is 1.76. The van der Waals surface area contributed by atoms with Gasteiger partial charge in [0, 0.05) is 11.6 Å². The van der Waals surface area contributed by atoms with Crippen molar-refractivity contribution in [2.24, 2.45) is 0 Å². The molecule has 0 aliphatic rings. The Labute approximate surface area is 120 Å². The van der Waals surface area contributed by atoms with Crippen LogP contribution in [0.5, 0.6) is 0 Å². The number of nitrogens with one attached hydrogen (secondary N) is 1. The first kappa shape index (κ1) is 11.7. The monoisotopic (exact) mass is 276 g/mol. The molecule has 21 heavy (non-hydrogen) atoms. The van der Waals surface area contributed by atoms with E-state index in [0.717, 1.165) is 16.6 Å². The summed E-state index contributed by atoms with van der Waals surface area (Å²) in [7, 11) is 0. The van der Waals surface area contributed by atoms with Crippen molar-refractivity contribution in [1.29, 1.82) is 0 Å². The van der Waals surface area contributed by atoms with Crippen molar-refractivity contribution in [2.75, 3.05) is 11.1 Å². The van der Waals surface area contributed by atoms with Gasteiger partial charge < -0.3 is 15.5 Å². The van der Waals surface area contributed by atoms with Crippen LogP contribution >= 0.6 is 0 Å². The average Bonchev–Trinajstić information content (AvgIpc) is 2.92. The number of nitrogens with zero attached hydrogens (tertiary/aromatic N) is 2. The Morgan fingerprint density at radius 3 is 2.71 bits per heavy atom. The molecule has 102 valence electrons. The summed E-state index contributed by atoms with van der Waals surface area (Å²) in [6, 6.07) is 15.7. The Balaban J connectivity index is 1.81. The van der Waals surface area contributed by atoms with Crippen molar-refractivity contribution in [3.05, 3.63) is 54.7 Å². The van der Waals surface area contributed by atoms with Gasteiger partial charge in [-0.2, -0.15) is 4.98 Å². The molecule has 2 heterocycles. The maximum Gasteiger partial charge on any atom is 0.300 e. The summed E-state index contributed by atoms with van der Waals surface area (Å²) in [4.78, 5) is 8.78. The first-order chi connectivity index (χ1) is 10.3. The molecule has 4 rings (SSSR count). The quantitative estimate of drug-likeness (QED) is 0.546. The molecule has 0 amide bonds. The molecule has 0 saturated carbocycles. The number of aromatic nitrogens is 2. The predicted molar refractivity (Wildman–Crippen MR) is 83.4 cm³/mol. The molecule has 0 unspecified atom stereocenters. The normalized spacial score (nSPS) is 11.0. The minimum Gasteiger partial charge on any atom is -0.423 e. The molecule has 0 fully saturated rings. The number of nitrogen functional groups attached to an aromatic ring is 1. The fourth-order valence-electron chi connectivity index (χ4n) is 2.34. The topological polar surface area (TPSA) is 77.0 Å². The Morgan fingerprint density at radius 1 is 0.952 bits per heavy atom. The first-order valence-corrected chi connectivity index (χ1v) is 6.57. The van der Waals surface area contributed by atoms with Crippen molar-refractivity contribution >= 4 is 39.4 Å². The number of oxazole rings is 1. The van der Waals surface area contributed by atoms with Crippen molar-refractivity contribution in [1.82, 2.24) is 9.97 Å². The third-order valence-corrected chi connectivity index (χ3v) is 3.32. The zero-order valence-corrected chi connectivity index (χ0v) is 11.1. The van der Waals surface area contributed by atoms with Gasteiger partial charge in [0.1, 0.15) is 5.52 Å². The van der Waals surface area contributed by atoms with Crippen molar-refractivity contribution in [2.45, 2.75) is 0 Å². The first-order valence-electron chi connectivity index (χ1n) is 6.57. The lowest BCUT2D eigenvalue weighted by Gasteiger charge is -2.04. The van der Waals surface area contributed by atoms with Crippen LogP contribution in [0.3, 0.4) is 0 Å². The van der Waals surface area contributed by atoms with Gasteiger partial charge in [-0.15, -0.1) is 0 Å². The Bertz CT molecular complexity index is 940. The van der Waals surface area contributed by atoms with Gasteiger partial charge in [-0.1, -0.05) is 24.3 Å². The van der Waals surface area contributed by atoms with Crippen molar-refractivity contribution in [3.8, 4) is 0 Å². The van der Waals surface area contributed by atoms with E-state index in [1.54, 1.807) is 12.3 Å². The smallest absolute Gasteiger partial charge is 0.300 e. The van der Waals surface area contributed by atoms with Gasteiger partial charge in [-0.3, -0.25) is 4.98 Å². The zero-order valence-electron chi connectivity index (χ0n) is 11.1. The van der Waals surface area contributed by atoms with Crippen LogP contribution in [0.25, 0.3) is 22.0 Å². The molecule has 0 radical (unpaired) electrons. The SMILES string of the molecule is Nc1cccc2oc(Nc3cccc4cccnc34)nc12. The number of hydrogen-bond donors (Lipinski definition) is 2. The van der Waals surface area contributed by atoms with Crippen molar-refractivity contribution in [3.63, 3.8) is 0 Å². The Hall–Kier alpha value is -3.08. The van der Waals surface area contributed by atoms with Gasteiger partial charge in [0.05, 0.1) is 16.9 Å². The number of nitrogens with two attached hydrogens (primary N) is 1. The van der Waals surface area contributed by atoms with E-state index in [-0.39, 0.29) is 0 Å². The van der Waals surface area contributed by atoms with Gasteiger partial charge in [0.25, 0.3) is 6.01 Å². The summed E-state index contributed by atoms with van der Waals surface area (Å²) in [5, 5.41) is 4.22. The highest BCUT2D eigenvalue weighted by atomic mass is 16.4. The third kappa shape index (κ3) is 1.95. The molecule has 2 aromatic heterocycles. The van der Waals surface area contributed by atoms with Gasteiger partial charge in [-0.25, -0.2) is 0 Å². The summed E-state index contributed by atoms with van der Waals surface area (Å²) in [5.74, 6) is 0. The van der Waals surface area contributed by atoms with Crippen LogP contribution in [0.1, 0.15) is 0 Å². The van der Waals surface area contributed by atoms with Gasteiger partial charge in [0.15, 0.2) is 5.58 Å². The lowest BCUT2D eigenvalue weighted by molar-refractivity contribution is 0.623. The third-order valence-electron chi connectivity index (χ3n) is 3.32. The van der Waals surface area contributed by atoms with Gasteiger partial charge in [0.2, 0.25) is 0 Å². The van der Waals surface area contributed by atoms with E-state index in [1.807, 2.05) is 42.5 Å². The molecular weight excluding hydrogens is 264 g/mol. The van der Waals surface area contributed by atoms with Crippen LogP contribution in [0.2, 0.25) is 0 Å². The Kier molecular flexibility index (Phi) is 2.50. The van der Waals surface area contributed by atoms with E-state index in [1.165, 1.54) is 0 Å². The largest absolute Gasteiger partial charge is 0.423 e. The lowest BCUT2D eigenvalue weighted by Crippen LogP contribution is -1.93. The fraction of sp³-hybridized carbons (Fsp3) is 0. The number of para-hydroxylation sites is 2. The van der Waals surface area contributed by atoms with Crippen molar-refractivity contribution < 1.29 is 4.42 Å². The van der Waals surface area contributed by atoms with E-state index in [9.17, 15) is 0 Å². The number of rotatable bonds is 2. The molecule has 4 aromatic rings. The highest BCUT2D eigenvalue weighted by Gasteiger charge is 2.09. The second-order valence-electron chi connectivity index (χ2n) is 4.72. The number of anilines is 3. The number of hydrogen-bond acceptors (Lipinski definition) is 5. The standard InChI is InChI=1S/C16H12N4O/c17-11-6-2-8-13-15(11)20-16(21-13)19-12-7-1-4-10-5-3-9-18-14(10)12/h1-9H,17H2,(H,19,20). The molecule has 0 spiro atoms. The van der Waals surface area contributed by atoms with Crippen LogP contribution in [-0.2, 0) is 0 Å². The van der Waals surface area contributed by atoms with E-state index >= 15 is 0 Å². The molecular formula is C16H12N4O. The van der Waals surface area contributed by atoms with Crippen LogP contribution in [0.15, 0.2) is 59.1 Å². The molecule has 0 saturated heterocycles. The van der Waals surface area contributed by atoms with Crippen LogP contribution in [0.4, 0.5) is 17.4 Å². The average molecular weight is 276 g/mol. The summed E-state index contributed by atoms with van der Waals surface area (Å²) in [6.45, 7) is 0. The van der Waals surface area contributed by atoms with Crippen LogP contribution in [-0.4, -0.2) is 9.97 Å². The molecule has 0 aliphatic carbocycles. The summed E-state index contributed by atoms with van der Waals surface area (Å²) >= 11 is 0. The number of benzene rings is 2. The maximum absolute atomic E-state index is 5.89. The molecule has 5 nitrogen and oxygen atoms in total. The molecule has 0 atom stereocenters. The minimum absolute atomic E-state index is 0.404. The fourth-order valence-corrected chi connectivity index (χ4v) is 2.34. The predicted octanol–water partition coefficient (Wildman–Crippen LogP) is 3.70. The highest BCUT2D eigenvalue weighted by Crippen LogP contribution is 2.28. The van der Waals surface area contributed by atoms with E-state index in [0.29, 0.717) is 22.8 Å². The summed E-state index contributed by atoms with van der Waals surface area (Å²) < 4.78 is 5.67. The molecule has 3 N–H and O–H groups in total. The zero-order chi connectivity index (χ0) is 14.2. The summed E-state index contributed by atoms with van der Waals surface area (Å²) in [5.41, 5.74) is 9.52. The molecule has 0 aliphatic heterocycles. The second kappa shape index (κ2) is 4.49. The minimum atomic E-state index is 0.404. The molecule has 0 bridgehead atoms. The number of fused-ring (bicyclic) bond motifs is 2. The van der Waals surface area contributed by atoms with Gasteiger partial charge >= 0.3 is 0 Å². The number of pyridine rings is 1. The van der Waals surface area contributed by atoms with Gasteiger partial charge in [-0.05, 0) is 24.3 Å². The van der Waals surface area contributed by atoms with Crippen LogP contribution < -0.4 is 11.1 Å². The lowest BCUT2D eigenvalue weighted by atomic mass is 10.2. The Morgan fingerprint density at radius 2 is 1.81 bits per heavy atom. The second-order valence-corrected chi connectivity index (χ2v) is 4.72. The molecule has 2 aromatic carbocycles.